The van der Waals surface area contributed by atoms with E-state index in [2.05, 4.69) is 20.7 Å². The summed E-state index contributed by atoms with van der Waals surface area (Å²) < 4.78 is 9.75. The number of ether oxygens (including phenoxy) is 2. The molecule has 0 saturated carbocycles. The summed E-state index contributed by atoms with van der Waals surface area (Å²) in [4.78, 5) is 34.2. The molecule has 1 aromatic carbocycles. The summed E-state index contributed by atoms with van der Waals surface area (Å²) in [6.07, 6.45) is 4.07. The Balaban J connectivity index is 1.60. The molecule has 0 spiro atoms. The first-order chi connectivity index (χ1) is 13.0. The van der Waals surface area contributed by atoms with Crippen LogP contribution in [0.3, 0.4) is 0 Å². The second kappa shape index (κ2) is 10.4. The molecule has 3 amide bonds. The van der Waals surface area contributed by atoms with E-state index in [0.29, 0.717) is 17.9 Å². The van der Waals surface area contributed by atoms with Crippen molar-refractivity contribution in [1.82, 2.24) is 10.6 Å². The number of carbonyl (C=O) groups is 3. The number of benzene rings is 1. The van der Waals surface area contributed by atoms with Gasteiger partial charge in [0.05, 0.1) is 13.2 Å². The Morgan fingerprint density at radius 2 is 1.85 bits per heavy atom. The molecular formula is C19H27N3O5. The van der Waals surface area contributed by atoms with E-state index in [1.807, 2.05) is 6.92 Å². The van der Waals surface area contributed by atoms with Gasteiger partial charge in [-0.1, -0.05) is 12.8 Å². The monoisotopic (exact) mass is 377 g/mol. The van der Waals surface area contributed by atoms with E-state index in [1.165, 1.54) is 7.11 Å². The molecule has 1 saturated heterocycles. The fraction of sp³-hybridized carbons (Fsp3) is 0.526. The van der Waals surface area contributed by atoms with E-state index in [9.17, 15) is 14.4 Å². The van der Waals surface area contributed by atoms with Crippen LogP contribution in [0.2, 0.25) is 0 Å². The first-order valence-electron chi connectivity index (χ1n) is 9.14. The van der Waals surface area contributed by atoms with E-state index < -0.39 is 5.97 Å². The highest BCUT2D eigenvalue weighted by molar-refractivity contribution is 5.90. The molecule has 0 radical (unpaired) electrons. The van der Waals surface area contributed by atoms with Gasteiger partial charge in [0.25, 0.3) is 0 Å². The molecule has 1 fully saturated rings. The zero-order chi connectivity index (χ0) is 19.6. The van der Waals surface area contributed by atoms with Crippen LogP contribution in [0.1, 0.15) is 39.0 Å². The second-order valence-electron chi connectivity index (χ2n) is 6.55. The number of hydrogen-bond acceptors (Lipinski definition) is 5. The maximum atomic E-state index is 12.0. The van der Waals surface area contributed by atoms with Crippen LogP contribution in [0, 0.1) is 0 Å². The smallest absolute Gasteiger partial charge is 0.343 e. The maximum Gasteiger partial charge on any atom is 0.343 e. The average molecular weight is 377 g/mol. The number of carbonyl (C=O) groups excluding carboxylic acids is 3. The molecule has 8 heteroatoms. The maximum absolute atomic E-state index is 12.0. The first kappa shape index (κ1) is 20.5. The molecule has 0 aliphatic carbocycles. The number of rotatable bonds is 10. The standard InChI is InChI=1S/C19H27N3O5/c1-13-16(22-19(25)20-13)6-4-3-5-7-17(23)21-14-8-10-15(11-9-14)27-12-18(24)26-2/h8-11,13,16H,3-7,12H2,1-2H3,(H,21,23)(H2,20,22,25)/t13-,16+/m0/s1. The molecule has 148 valence electrons. The van der Waals surface area contributed by atoms with Gasteiger partial charge in [-0.3, -0.25) is 4.79 Å². The van der Waals surface area contributed by atoms with Gasteiger partial charge in [0.2, 0.25) is 5.91 Å². The van der Waals surface area contributed by atoms with Crippen molar-refractivity contribution in [2.24, 2.45) is 0 Å². The summed E-state index contributed by atoms with van der Waals surface area (Å²) in [6, 6.07) is 7.04. The molecule has 27 heavy (non-hydrogen) atoms. The highest BCUT2D eigenvalue weighted by atomic mass is 16.6. The van der Waals surface area contributed by atoms with Crippen molar-refractivity contribution in [3.05, 3.63) is 24.3 Å². The van der Waals surface area contributed by atoms with Crippen LogP contribution in [-0.4, -0.2) is 43.7 Å². The third-order valence-corrected chi connectivity index (χ3v) is 4.42. The predicted molar refractivity (Wildman–Crippen MR) is 101 cm³/mol. The normalized spacial score (nSPS) is 18.4. The van der Waals surface area contributed by atoms with Crippen LogP contribution in [0.15, 0.2) is 24.3 Å². The van der Waals surface area contributed by atoms with Crippen molar-refractivity contribution >= 4 is 23.6 Å². The van der Waals surface area contributed by atoms with Gasteiger partial charge in [-0.25, -0.2) is 9.59 Å². The van der Waals surface area contributed by atoms with Gasteiger partial charge in [-0.2, -0.15) is 0 Å². The van der Waals surface area contributed by atoms with Crippen molar-refractivity contribution in [2.75, 3.05) is 19.0 Å². The number of esters is 1. The van der Waals surface area contributed by atoms with Crippen LogP contribution >= 0.6 is 0 Å². The Hall–Kier alpha value is -2.77. The predicted octanol–water partition coefficient (Wildman–Crippen LogP) is 2.20. The van der Waals surface area contributed by atoms with Crippen molar-refractivity contribution < 1.29 is 23.9 Å². The van der Waals surface area contributed by atoms with Gasteiger partial charge in [0.15, 0.2) is 6.61 Å². The highest BCUT2D eigenvalue weighted by Gasteiger charge is 2.26. The van der Waals surface area contributed by atoms with E-state index in [4.69, 9.17) is 4.74 Å². The molecule has 3 N–H and O–H groups in total. The quantitative estimate of drug-likeness (QED) is 0.428. The molecule has 0 unspecified atom stereocenters. The number of nitrogens with one attached hydrogen (secondary N) is 3. The molecule has 0 bridgehead atoms. The van der Waals surface area contributed by atoms with E-state index in [1.54, 1.807) is 24.3 Å². The van der Waals surface area contributed by atoms with Crippen LogP contribution in [0.4, 0.5) is 10.5 Å². The summed E-state index contributed by atoms with van der Waals surface area (Å²) >= 11 is 0. The minimum Gasteiger partial charge on any atom is -0.482 e. The SMILES string of the molecule is COC(=O)COc1ccc(NC(=O)CCCCC[C@H]2NC(=O)N[C@H]2C)cc1. The first-order valence-corrected chi connectivity index (χ1v) is 9.14. The number of anilines is 1. The lowest BCUT2D eigenvalue weighted by Gasteiger charge is -2.13. The van der Waals surface area contributed by atoms with E-state index in [-0.39, 0.29) is 30.6 Å². The summed E-state index contributed by atoms with van der Waals surface area (Å²) in [6.45, 7) is 1.84. The van der Waals surface area contributed by atoms with Gasteiger partial charge in [0, 0.05) is 18.2 Å². The number of hydrogen-bond donors (Lipinski definition) is 3. The van der Waals surface area contributed by atoms with Gasteiger partial charge < -0.3 is 25.4 Å². The van der Waals surface area contributed by atoms with Gasteiger partial charge in [-0.05, 0) is 44.0 Å². The number of methoxy groups -OCH3 is 1. The van der Waals surface area contributed by atoms with Crippen molar-refractivity contribution in [3.63, 3.8) is 0 Å². The average Bonchev–Trinajstić information content (AvgIpc) is 2.97. The molecule has 1 aliphatic heterocycles. The number of unbranched alkanes of at least 4 members (excludes halogenated alkanes) is 2. The van der Waals surface area contributed by atoms with Crippen molar-refractivity contribution in [3.8, 4) is 5.75 Å². The molecular weight excluding hydrogens is 350 g/mol. The zero-order valence-corrected chi connectivity index (χ0v) is 15.7. The Bertz CT molecular complexity index is 647. The number of amides is 3. The lowest BCUT2D eigenvalue weighted by molar-refractivity contribution is -0.142. The molecule has 8 nitrogen and oxygen atoms in total. The lowest BCUT2D eigenvalue weighted by atomic mass is 10.0. The summed E-state index contributed by atoms with van der Waals surface area (Å²) in [5, 5.41) is 8.56. The highest BCUT2D eigenvalue weighted by Crippen LogP contribution is 2.17. The molecule has 1 aromatic rings. The van der Waals surface area contributed by atoms with Crippen LogP contribution in [0.25, 0.3) is 0 Å². The number of urea groups is 1. The molecule has 0 aromatic heterocycles. The molecule has 2 atom stereocenters. The van der Waals surface area contributed by atoms with E-state index in [0.717, 1.165) is 25.7 Å². The third kappa shape index (κ3) is 7.16. The molecule has 1 heterocycles. The molecule has 2 rings (SSSR count). The Morgan fingerprint density at radius 1 is 1.11 bits per heavy atom. The van der Waals surface area contributed by atoms with Crippen LogP contribution in [0.5, 0.6) is 5.75 Å². The van der Waals surface area contributed by atoms with Gasteiger partial charge in [-0.15, -0.1) is 0 Å². The Morgan fingerprint density at radius 3 is 2.48 bits per heavy atom. The molecule has 1 aliphatic rings. The second-order valence-corrected chi connectivity index (χ2v) is 6.55. The van der Waals surface area contributed by atoms with Crippen LogP contribution in [-0.2, 0) is 14.3 Å². The summed E-state index contributed by atoms with van der Waals surface area (Å²) in [5.41, 5.74) is 0.680. The van der Waals surface area contributed by atoms with Crippen molar-refractivity contribution in [2.45, 2.75) is 51.1 Å². The topological polar surface area (TPSA) is 106 Å². The summed E-state index contributed by atoms with van der Waals surface area (Å²) in [5.74, 6) is 0.0389. The van der Waals surface area contributed by atoms with Gasteiger partial charge in [0.1, 0.15) is 5.75 Å². The van der Waals surface area contributed by atoms with Crippen LogP contribution < -0.4 is 20.7 Å². The largest absolute Gasteiger partial charge is 0.482 e. The third-order valence-electron chi connectivity index (χ3n) is 4.42. The minimum absolute atomic E-state index is 0.0394. The Labute approximate surface area is 159 Å². The minimum atomic E-state index is -0.451. The van der Waals surface area contributed by atoms with Gasteiger partial charge >= 0.3 is 12.0 Å². The van der Waals surface area contributed by atoms with Crippen molar-refractivity contribution in [1.29, 1.82) is 0 Å². The lowest BCUT2D eigenvalue weighted by Crippen LogP contribution is -2.30. The summed E-state index contributed by atoms with van der Waals surface area (Å²) in [7, 11) is 1.30. The fourth-order valence-corrected chi connectivity index (χ4v) is 2.85. The zero-order valence-electron chi connectivity index (χ0n) is 15.7. The fourth-order valence-electron chi connectivity index (χ4n) is 2.85. The van der Waals surface area contributed by atoms with E-state index >= 15 is 0 Å². The Kier molecular flexibility index (Phi) is 7.91.